The second-order valence-electron chi connectivity index (χ2n) is 5.77. The Morgan fingerprint density at radius 3 is 2.33 bits per heavy atom. The summed E-state index contributed by atoms with van der Waals surface area (Å²) in [5.41, 5.74) is 1.67. The number of fused-ring (bicyclic) bond motifs is 1. The molecule has 0 saturated heterocycles. The van der Waals surface area contributed by atoms with Crippen LogP contribution in [0.1, 0.15) is 20.8 Å². The number of hydrogen-bond acceptors (Lipinski definition) is 8. The molecule has 0 fully saturated rings. The van der Waals surface area contributed by atoms with Gasteiger partial charge in [0.15, 0.2) is 17.3 Å². The zero-order valence-corrected chi connectivity index (χ0v) is 17.4. The maximum absolute atomic E-state index is 12.8. The molecule has 142 valence electrons. The van der Waals surface area contributed by atoms with Crippen molar-refractivity contribution in [3.05, 3.63) is 34.5 Å². The van der Waals surface area contributed by atoms with Crippen molar-refractivity contribution >= 4 is 39.1 Å². The third-order valence-electron chi connectivity index (χ3n) is 4.26. The molecular weight excluding hydrogens is 384 g/mol. The van der Waals surface area contributed by atoms with Crippen LogP contribution in [0, 0.1) is 13.8 Å². The minimum atomic E-state index is -0.0457. The highest BCUT2D eigenvalue weighted by atomic mass is 32.2. The molecule has 1 aromatic carbocycles. The number of carbonyl (C=O) groups excluding carboxylic acids is 1. The summed E-state index contributed by atoms with van der Waals surface area (Å²) in [5.74, 6) is 1.58. The van der Waals surface area contributed by atoms with E-state index in [1.807, 2.05) is 0 Å². The fourth-order valence-electron chi connectivity index (χ4n) is 2.72. The lowest BCUT2D eigenvalue weighted by molar-refractivity contribution is 0.102. The van der Waals surface area contributed by atoms with Gasteiger partial charge >= 0.3 is 0 Å². The SMILES string of the molecule is COc1cc(C(=O)CSc2ncnc3sc(C)c(C)c23)cc(OC)c1OC. The molecule has 0 aliphatic heterocycles. The summed E-state index contributed by atoms with van der Waals surface area (Å²) in [6, 6.07) is 3.33. The van der Waals surface area contributed by atoms with Gasteiger partial charge in [-0.15, -0.1) is 11.3 Å². The fourth-order valence-corrected chi connectivity index (χ4v) is 4.73. The first-order valence-corrected chi connectivity index (χ1v) is 9.97. The van der Waals surface area contributed by atoms with Gasteiger partial charge in [0.25, 0.3) is 0 Å². The van der Waals surface area contributed by atoms with Crippen molar-refractivity contribution in [2.75, 3.05) is 27.1 Å². The Hall–Kier alpha value is -2.32. The monoisotopic (exact) mass is 404 g/mol. The highest BCUT2D eigenvalue weighted by molar-refractivity contribution is 8.00. The van der Waals surface area contributed by atoms with Crippen LogP contribution < -0.4 is 14.2 Å². The summed E-state index contributed by atoms with van der Waals surface area (Å²) >= 11 is 3.05. The molecule has 2 aromatic heterocycles. The zero-order valence-electron chi connectivity index (χ0n) is 15.8. The molecule has 0 bridgehead atoms. The second-order valence-corrected chi connectivity index (χ2v) is 7.94. The van der Waals surface area contributed by atoms with E-state index >= 15 is 0 Å². The minimum Gasteiger partial charge on any atom is -0.493 e. The first kappa shape index (κ1) is 19.4. The number of ketones is 1. The Morgan fingerprint density at radius 2 is 1.74 bits per heavy atom. The van der Waals surface area contributed by atoms with Crippen molar-refractivity contribution in [2.24, 2.45) is 0 Å². The van der Waals surface area contributed by atoms with Gasteiger partial charge in [-0.2, -0.15) is 0 Å². The highest BCUT2D eigenvalue weighted by Gasteiger charge is 2.18. The number of hydrogen-bond donors (Lipinski definition) is 0. The van der Waals surface area contributed by atoms with Crippen molar-refractivity contribution in [3.63, 3.8) is 0 Å². The van der Waals surface area contributed by atoms with E-state index in [4.69, 9.17) is 14.2 Å². The van der Waals surface area contributed by atoms with E-state index in [1.165, 1.54) is 43.5 Å². The van der Waals surface area contributed by atoms with Crippen LogP contribution in [0.5, 0.6) is 17.2 Å². The third kappa shape index (κ3) is 3.72. The largest absolute Gasteiger partial charge is 0.493 e. The lowest BCUT2D eigenvalue weighted by atomic mass is 10.1. The van der Waals surface area contributed by atoms with Crippen LogP contribution in [0.2, 0.25) is 0 Å². The number of Topliss-reactive ketones (excluding diaryl/α,β-unsaturated/α-hetero) is 1. The van der Waals surface area contributed by atoms with Crippen LogP contribution in [0.15, 0.2) is 23.5 Å². The van der Waals surface area contributed by atoms with Crippen LogP contribution in [0.3, 0.4) is 0 Å². The van der Waals surface area contributed by atoms with Gasteiger partial charge < -0.3 is 14.2 Å². The first-order valence-electron chi connectivity index (χ1n) is 8.16. The average molecular weight is 405 g/mol. The lowest BCUT2D eigenvalue weighted by Gasteiger charge is -2.13. The molecule has 0 atom stereocenters. The van der Waals surface area contributed by atoms with Crippen molar-refractivity contribution < 1.29 is 19.0 Å². The maximum Gasteiger partial charge on any atom is 0.203 e. The van der Waals surface area contributed by atoms with Gasteiger partial charge in [-0.25, -0.2) is 9.97 Å². The van der Waals surface area contributed by atoms with Gasteiger partial charge in [0.2, 0.25) is 5.75 Å². The Bertz CT molecular complexity index is 976. The number of thiophene rings is 1. The standard InChI is InChI=1S/C19H20N2O4S2/c1-10-11(2)27-19-16(10)18(20-9-21-19)26-8-13(22)12-6-14(23-3)17(25-5)15(7-12)24-4/h6-7,9H,8H2,1-5H3. The topological polar surface area (TPSA) is 70.5 Å². The van der Waals surface area contributed by atoms with Gasteiger partial charge in [-0.1, -0.05) is 11.8 Å². The molecule has 0 N–H and O–H groups in total. The van der Waals surface area contributed by atoms with Gasteiger partial charge in [-0.3, -0.25) is 4.79 Å². The van der Waals surface area contributed by atoms with E-state index in [9.17, 15) is 4.79 Å². The summed E-state index contributed by atoms with van der Waals surface area (Å²) in [6.45, 7) is 4.12. The highest BCUT2D eigenvalue weighted by Crippen LogP contribution is 2.39. The molecule has 3 aromatic rings. The number of ether oxygens (including phenoxy) is 3. The molecule has 0 aliphatic rings. The van der Waals surface area contributed by atoms with E-state index in [0.29, 0.717) is 22.8 Å². The molecule has 0 saturated carbocycles. The smallest absolute Gasteiger partial charge is 0.203 e. The quantitative estimate of drug-likeness (QED) is 0.330. The molecular formula is C19H20N2O4S2. The molecule has 2 heterocycles. The van der Waals surface area contributed by atoms with Crippen LogP contribution in [-0.4, -0.2) is 42.8 Å². The summed E-state index contributed by atoms with van der Waals surface area (Å²) in [7, 11) is 4.59. The number of methoxy groups -OCH3 is 3. The predicted molar refractivity (Wildman–Crippen MR) is 108 cm³/mol. The number of rotatable bonds is 7. The summed E-state index contributed by atoms with van der Waals surface area (Å²) < 4.78 is 16.0. The van der Waals surface area contributed by atoms with Crippen LogP contribution in [-0.2, 0) is 0 Å². The van der Waals surface area contributed by atoms with Gasteiger partial charge in [-0.05, 0) is 31.5 Å². The van der Waals surface area contributed by atoms with Crippen molar-refractivity contribution in [1.82, 2.24) is 9.97 Å². The number of benzene rings is 1. The van der Waals surface area contributed by atoms with E-state index in [-0.39, 0.29) is 11.5 Å². The Labute approximate surface area is 165 Å². The van der Waals surface area contributed by atoms with E-state index in [1.54, 1.807) is 29.8 Å². The molecule has 3 rings (SSSR count). The first-order chi connectivity index (χ1) is 13.0. The van der Waals surface area contributed by atoms with E-state index in [2.05, 4.69) is 23.8 Å². The zero-order chi connectivity index (χ0) is 19.6. The Kier molecular flexibility index (Phi) is 5.86. The van der Waals surface area contributed by atoms with Crippen molar-refractivity contribution in [1.29, 1.82) is 0 Å². The summed E-state index contributed by atoms with van der Waals surface area (Å²) in [4.78, 5) is 23.6. The normalized spacial score (nSPS) is 10.9. The van der Waals surface area contributed by atoms with Gasteiger partial charge in [0.1, 0.15) is 16.2 Å². The predicted octanol–water partition coefficient (Wildman–Crippen LogP) is 4.31. The molecule has 0 radical (unpaired) electrons. The van der Waals surface area contributed by atoms with Crippen molar-refractivity contribution in [2.45, 2.75) is 18.9 Å². The number of thioether (sulfide) groups is 1. The van der Waals surface area contributed by atoms with Gasteiger partial charge in [0.05, 0.1) is 27.1 Å². The second kappa shape index (κ2) is 8.14. The molecule has 8 heteroatoms. The molecule has 0 unspecified atom stereocenters. The Balaban J connectivity index is 1.87. The summed E-state index contributed by atoms with van der Waals surface area (Å²) in [5, 5.41) is 1.85. The molecule has 0 amide bonds. The summed E-state index contributed by atoms with van der Waals surface area (Å²) in [6.07, 6.45) is 1.55. The molecule has 0 aliphatic carbocycles. The van der Waals surface area contributed by atoms with Gasteiger partial charge in [0, 0.05) is 15.8 Å². The third-order valence-corrected chi connectivity index (χ3v) is 6.36. The van der Waals surface area contributed by atoms with E-state index in [0.717, 1.165) is 15.2 Å². The molecule has 6 nitrogen and oxygen atoms in total. The number of aromatic nitrogens is 2. The number of nitrogens with zero attached hydrogens (tertiary/aromatic N) is 2. The number of carbonyl (C=O) groups is 1. The van der Waals surface area contributed by atoms with Crippen LogP contribution >= 0.6 is 23.1 Å². The average Bonchev–Trinajstić information content (AvgIpc) is 2.99. The molecule has 27 heavy (non-hydrogen) atoms. The lowest BCUT2D eigenvalue weighted by Crippen LogP contribution is -2.05. The Morgan fingerprint density at radius 1 is 1.07 bits per heavy atom. The maximum atomic E-state index is 12.8. The van der Waals surface area contributed by atoms with Crippen LogP contribution in [0.4, 0.5) is 0 Å². The number of aryl methyl sites for hydroxylation is 2. The molecule has 0 spiro atoms. The van der Waals surface area contributed by atoms with E-state index < -0.39 is 0 Å². The van der Waals surface area contributed by atoms with Crippen LogP contribution in [0.25, 0.3) is 10.2 Å². The van der Waals surface area contributed by atoms with Crippen molar-refractivity contribution in [3.8, 4) is 17.2 Å². The minimum absolute atomic E-state index is 0.0457. The fraction of sp³-hybridized carbons (Fsp3) is 0.316.